The monoisotopic (exact) mass is 369 g/mol. The van der Waals surface area contributed by atoms with Crippen LogP contribution >= 0.6 is 0 Å². The number of aliphatic hydroxyl groups is 1. The third kappa shape index (κ3) is 6.41. The van der Waals surface area contributed by atoms with Crippen molar-refractivity contribution in [1.82, 2.24) is 10.6 Å². The van der Waals surface area contributed by atoms with Crippen molar-refractivity contribution in [1.29, 1.82) is 5.26 Å². The summed E-state index contributed by atoms with van der Waals surface area (Å²) in [4.78, 5) is 12.5. The molecule has 1 aromatic carbocycles. The van der Waals surface area contributed by atoms with Crippen molar-refractivity contribution >= 4 is 5.91 Å². The van der Waals surface area contributed by atoms with Gasteiger partial charge in [0.2, 0.25) is 0 Å². The van der Waals surface area contributed by atoms with Gasteiger partial charge in [0, 0.05) is 19.4 Å². The standard InChI is InChI=1S/C22H31N3O2/c1-2-21(19-11-10-17-8-4-5-9-18(17)14-19)25-22(27)20(15-23)16-24-12-6-3-7-13-26/h10-11,14,16,21,24,26H,2-9,12-13H2,1H3,(H,25,27)/b20-16-. The van der Waals surface area contributed by atoms with Gasteiger partial charge < -0.3 is 15.7 Å². The van der Waals surface area contributed by atoms with Gasteiger partial charge in [-0.2, -0.15) is 5.26 Å². The molecule has 1 amide bonds. The number of nitrogens with zero attached hydrogens (tertiary/aromatic N) is 1. The van der Waals surface area contributed by atoms with E-state index in [0.29, 0.717) is 6.54 Å². The Hall–Kier alpha value is -2.32. The molecular formula is C22H31N3O2. The highest BCUT2D eigenvalue weighted by Crippen LogP contribution is 2.26. The van der Waals surface area contributed by atoms with Crippen molar-refractivity contribution in [2.45, 2.75) is 64.3 Å². The summed E-state index contributed by atoms with van der Waals surface area (Å²) in [6.45, 7) is 2.92. The Morgan fingerprint density at radius 3 is 2.74 bits per heavy atom. The lowest BCUT2D eigenvalue weighted by Crippen LogP contribution is -2.30. The van der Waals surface area contributed by atoms with Gasteiger partial charge in [-0.3, -0.25) is 4.79 Å². The first-order chi connectivity index (χ1) is 13.2. The van der Waals surface area contributed by atoms with Crippen LogP contribution in [0, 0.1) is 11.3 Å². The lowest BCUT2D eigenvalue weighted by molar-refractivity contribution is -0.117. The number of unbranched alkanes of at least 4 members (excludes halogenated alkanes) is 2. The zero-order valence-corrected chi connectivity index (χ0v) is 16.3. The molecule has 0 fully saturated rings. The minimum atomic E-state index is -0.343. The molecule has 0 radical (unpaired) electrons. The Morgan fingerprint density at radius 1 is 1.26 bits per heavy atom. The van der Waals surface area contributed by atoms with Gasteiger partial charge in [0.1, 0.15) is 11.6 Å². The number of rotatable bonds is 10. The van der Waals surface area contributed by atoms with Gasteiger partial charge in [-0.1, -0.05) is 25.1 Å². The molecule has 0 saturated carbocycles. The number of nitriles is 1. The Kier molecular flexibility index (Phi) is 8.86. The van der Waals surface area contributed by atoms with Crippen LogP contribution in [0.1, 0.15) is 68.2 Å². The second-order valence-corrected chi connectivity index (χ2v) is 7.08. The Bertz CT molecular complexity index is 691. The first kappa shape index (κ1) is 21.0. The van der Waals surface area contributed by atoms with Crippen LogP contribution in [0.25, 0.3) is 0 Å². The van der Waals surface area contributed by atoms with Crippen molar-refractivity contribution < 1.29 is 9.90 Å². The van der Waals surface area contributed by atoms with Gasteiger partial charge in [-0.15, -0.1) is 0 Å². The fourth-order valence-corrected chi connectivity index (χ4v) is 3.47. The highest BCUT2D eigenvalue weighted by molar-refractivity contribution is 5.97. The number of carbonyl (C=O) groups is 1. The molecule has 27 heavy (non-hydrogen) atoms. The summed E-state index contributed by atoms with van der Waals surface area (Å²) in [7, 11) is 0. The molecule has 1 unspecified atom stereocenters. The first-order valence-electron chi connectivity index (χ1n) is 10.1. The summed E-state index contributed by atoms with van der Waals surface area (Å²) in [5, 5.41) is 24.1. The lowest BCUT2D eigenvalue weighted by atomic mass is 9.88. The third-order valence-electron chi connectivity index (χ3n) is 5.08. The van der Waals surface area contributed by atoms with Crippen molar-refractivity contribution in [2.24, 2.45) is 0 Å². The van der Waals surface area contributed by atoms with Gasteiger partial charge in [-0.05, 0) is 68.1 Å². The number of aliphatic hydroxyl groups excluding tert-OH is 1. The van der Waals surface area contributed by atoms with E-state index < -0.39 is 0 Å². The average molecular weight is 370 g/mol. The van der Waals surface area contributed by atoms with Gasteiger partial charge >= 0.3 is 0 Å². The second-order valence-electron chi connectivity index (χ2n) is 7.08. The smallest absolute Gasteiger partial charge is 0.263 e. The largest absolute Gasteiger partial charge is 0.396 e. The fourth-order valence-electron chi connectivity index (χ4n) is 3.47. The molecule has 0 bridgehead atoms. The molecule has 1 aromatic rings. The van der Waals surface area contributed by atoms with Crippen molar-refractivity contribution in [2.75, 3.05) is 13.2 Å². The van der Waals surface area contributed by atoms with E-state index in [1.807, 2.05) is 13.0 Å². The van der Waals surface area contributed by atoms with E-state index in [4.69, 9.17) is 5.11 Å². The van der Waals surface area contributed by atoms with Gasteiger partial charge in [-0.25, -0.2) is 0 Å². The summed E-state index contributed by atoms with van der Waals surface area (Å²) >= 11 is 0. The number of hydrogen-bond donors (Lipinski definition) is 3. The molecule has 2 rings (SSSR count). The number of fused-ring (bicyclic) bond motifs is 1. The molecule has 0 aliphatic heterocycles. The second kappa shape index (κ2) is 11.4. The summed E-state index contributed by atoms with van der Waals surface area (Å²) < 4.78 is 0. The number of aryl methyl sites for hydroxylation is 2. The maximum atomic E-state index is 12.5. The molecule has 1 aliphatic carbocycles. The van der Waals surface area contributed by atoms with Crippen LogP contribution in [0.5, 0.6) is 0 Å². The van der Waals surface area contributed by atoms with Crippen molar-refractivity contribution in [3.8, 4) is 6.07 Å². The summed E-state index contributed by atoms with van der Waals surface area (Å²) in [6.07, 6.45) is 9.59. The zero-order valence-electron chi connectivity index (χ0n) is 16.3. The minimum Gasteiger partial charge on any atom is -0.396 e. The Balaban J connectivity index is 1.95. The molecule has 5 heteroatoms. The number of nitrogens with one attached hydrogen (secondary N) is 2. The van der Waals surface area contributed by atoms with Crippen molar-refractivity contribution in [3.05, 3.63) is 46.7 Å². The molecule has 0 heterocycles. The van der Waals surface area contributed by atoms with E-state index in [1.54, 1.807) is 0 Å². The Labute approximate surface area is 162 Å². The molecule has 146 valence electrons. The molecular weight excluding hydrogens is 338 g/mol. The topological polar surface area (TPSA) is 85.2 Å². The molecule has 3 N–H and O–H groups in total. The molecule has 0 spiro atoms. The fraction of sp³-hybridized carbons (Fsp3) is 0.545. The molecule has 1 aliphatic rings. The number of hydrogen-bond acceptors (Lipinski definition) is 4. The maximum Gasteiger partial charge on any atom is 0.263 e. The van der Waals surface area contributed by atoms with Crippen LogP contribution in [0.3, 0.4) is 0 Å². The van der Waals surface area contributed by atoms with Crippen LogP contribution in [0.15, 0.2) is 30.0 Å². The highest BCUT2D eigenvalue weighted by atomic mass is 16.2. The van der Waals surface area contributed by atoms with Gasteiger partial charge in [0.15, 0.2) is 0 Å². The summed E-state index contributed by atoms with van der Waals surface area (Å²) in [6, 6.07) is 8.40. The molecule has 5 nitrogen and oxygen atoms in total. The average Bonchev–Trinajstić information content (AvgIpc) is 2.71. The van der Waals surface area contributed by atoms with E-state index in [9.17, 15) is 10.1 Å². The molecule has 0 saturated heterocycles. The van der Waals surface area contributed by atoms with E-state index in [0.717, 1.165) is 44.1 Å². The van der Waals surface area contributed by atoms with E-state index in [1.165, 1.54) is 30.2 Å². The highest BCUT2D eigenvalue weighted by Gasteiger charge is 2.18. The number of benzene rings is 1. The maximum absolute atomic E-state index is 12.5. The zero-order chi connectivity index (χ0) is 19.5. The Morgan fingerprint density at radius 2 is 2.04 bits per heavy atom. The minimum absolute atomic E-state index is 0.0913. The van der Waals surface area contributed by atoms with E-state index >= 15 is 0 Å². The summed E-state index contributed by atoms with van der Waals surface area (Å²) in [5.41, 5.74) is 4.02. The molecule has 0 aromatic heterocycles. The molecule has 1 atom stereocenters. The predicted octanol–water partition coefficient (Wildman–Crippen LogP) is 3.29. The number of carbonyl (C=O) groups excluding carboxylic acids is 1. The lowest BCUT2D eigenvalue weighted by Gasteiger charge is -2.21. The normalized spacial score (nSPS) is 14.8. The third-order valence-corrected chi connectivity index (χ3v) is 5.08. The van der Waals surface area contributed by atoms with Crippen LogP contribution in [0.2, 0.25) is 0 Å². The van der Waals surface area contributed by atoms with Crippen LogP contribution in [-0.4, -0.2) is 24.2 Å². The van der Waals surface area contributed by atoms with Crippen molar-refractivity contribution in [3.63, 3.8) is 0 Å². The number of amides is 1. The van der Waals surface area contributed by atoms with Gasteiger partial charge in [0.05, 0.1) is 6.04 Å². The van der Waals surface area contributed by atoms with Crippen LogP contribution < -0.4 is 10.6 Å². The quantitative estimate of drug-likeness (QED) is 0.336. The van der Waals surface area contributed by atoms with Crippen LogP contribution in [0.4, 0.5) is 0 Å². The summed E-state index contributed by atoms with van der Waals surface area (Å²) in [5.74, 6) is -0.343. The van der Waals surface area contributed by atoms with E-state index in [2.05, 4.69) is 28.8 Å². The SMILES string of the molecule is CCC(NC(=O)/C(C#N)=C\NCCCCCO)c1ccc2c(c1)CCCC2. The first-order valence-corrected chi connectivity index (χ1v) is 10.1. The van der Waals surface area contributed by atoms with Crippen LogP contribution in [-0.2, 0) is 17.6 Å². The predicted molar refractivity (Wildman–Crippen MR) is 107 cm³/mol. The van der Waals surface area contributed by atoms with E-state index in [-0.39, 0.29) is 24.1 Å². The van der Waals surface area contributed by atoms with Gasteiger partial charge in [0.25, 0.3) is 5.91 Å².